The summed E-state index contributed by atoms with van der Waals surface area (Å²) in [7, 11) is 3.44. The Hall–Kier alpha value is -2.49. The number of aryl methyl sites for hydroxylation is 2. The van der Waals surface area contributed by atoms with Gasteiger partial charge in [0.2, 0.25) is 0 Å². The summed E-state index contributed by atoms with van der Waals surface area (Å²) in [6, 6.07) is 11.3. The molecule has 0 spiro atoms. The number of methoxy groups -OCH3 is 1. The number of rotatable bonds is 4. The van der Waals surface area contributed by atoms with Gasteiger partial charge < -0.3 is 15.4 Å². The maximum Gasteiger partial charge on any atom is 0.257 e. The second-order valence-electron chi connectivity index (χ2n) is 4.94. The topological polar surface area (TPSA) is 50.4 Å². The molecule has 0 radical (unpaired) electrons. The van der Waals surface area contributed by atoms with E-state index >= 15 is 0 Å². The van der Waals surface area contributed by atoms with Crippen LogP contribution in [0, 0.1) is 13.8 Å². The zero-order valence-electron chi connectivity index (χ0n) is 12.8. The molecule has 0 saturated heterocycles. The van der Waals surface area contributed by atoms with Crippen molar-refractivity contribution in [2.45, 2.75) is 13.8 Å². The molecule has 4 heteroatoms. The Balaban J connectivity index is 2.26. The van der Waals surface area contributed by atoms with Crippen molar-refractivity contribution in [3.8, 4) is 5.75 Å². The van der Waals surface area contributed by atoms with Gasteiger partial charge in [0, 0.05) is 18.4 Å². The number of hydrogen-bond donors (Lipinski definition) is 2. The predicted octanol–water partition coefficient (Wildman–Crippen LogP) is 3.61. The van der Waals surface area contributed by atoms with E-state index in [4.69, 9.17) is 4.74 Å². The molecular weight excluding hydrogens is 264 g/mol. The van der Waals surface area contributed by atoms with Crippen molar-refractivity contribution < 1.29 is 9.53 Å². The molecule has 0 unspecified atom stereocenters. The molecule has 0 bridgehead atoms. The van der Waals surface area contributed by atoms with E-state index in [0.717, 1.165) is 28.3 Å². The molecule has 2 aromatic rings. The quantitative estimate of drug-likeness (QED) is 0.901. The Kier molecular flexibility index (Phi) is 4.48. The largest absolute Gasteiger partial charge is 0.496 e. The summed E-state index contributed by atoms with van der Waals surface area (Å²) in [4.78, 5) is 12.4. The summed E-state index contributed by atoms with van der Waals surface area (Å²) in [6.45, 7) is 3.91. The zero-order valence-corrected chi connectivity index (χ0v) is 12.8. The van der Waals surface area contributed by atoms with E-state index in [0.29, 0.717) is 5.56 Å². The van der Waals surface area contributed by atoms with Crippen molar-refractivity contribution in [3.63, 3.8) is 0 Å². The third kappa shape index (κ3) is 3.34. The maximum atomic E-state index is 12.4. The standard InChI is InChI=1S/C17H20N2O2/c1-11-5-7-15(18-3)14(9-11)17(20)19-13-6-8-16(21-4)12(2)10-13/h5-10,18H,1-4H3,(H,19,20). The Morgan fingerprint density at radius 3 is 2.48 bits per heavy atom. The monoisotopic (exact) mass is 284 g/mol. The average molecular weight is 284 g/mol. The number of amides is 1. The Labute approximate surface area is 125 Å². The van der Waals surface area contributed by atoms with Crippen LogP contribution in [0.3, 0.4) is 0 Å². The van der Waals surface area contributed by atoms with E-state index in [1.807, 2.05) is 50.2 Å². The van der Waals surface area contributed by atoms with Gasteiger partial charge in [-0.05, 0) is 49.7 Å². The van der Waals surface area contributed by atoms with Crippen LogP contribution in [0.2, 0.25) is 0 Å². The van der Waals surface area contributed by atoms with Crippen molar-refractivity contribution in [1.82, 2.24) is 0 Å². The van der Waals surface area contributed by atoms with Crippen LogP contribution in [0.1, 0.15) is 21.5 Å². The van der Waals surface area contributed by atoms with Crippen molar-refractivity contribution in [1.29, 1.82) is 0 Å². The fourth-order valence-electron chi connectivity index (χ4n) is 2.22. The van der Waals surface area contributed by atoms with Gasteiger partial charge >= 0.3 is 0 Å². The molecule has 1 amide bonds. The van der Waals surface area contributed by atoms with Crippen LogP contribution in [0.5, 0.6) is 5.75 Å². The van der Waals surface area contributed by atoms with Gasteiger partial charge in [0.15, 0.2) is 0 Å². The summed E-state index contributed by atoms with van der Waals surface area (Å²) >= 11 is 0. The zero-order chi connectivity index (χ0) is 15.4. The second kappa shape index (κ2) is 6.31. The first-order valence-corrected chi connectivity index (χ1v) is 6.79. The van der Waals surface area contributed by atoms with E-state index < -0.39 is 0 Å². The summed E-state index contributed by atoms with van der Waals surface area (Å²) in [5.74, 6) is 0.673. The molecule has 0 aliphatic rings. The van der Waals surface area contributed by atoms with Crippen molar-refractivity contribution in [2.24, 2.45) is 0 Å². The van der Waals surface area contributed by atoms with E-state index in [1.165, 1.54) is 0 Å². The molecule has 4 nitrogen and oxygen atoms in total. The normalized spacial score (nSPS) is 10.1. The van der Waals surface area contributed by atoms with Gasteiger partial charge in [-0.1, -0.05) is 11.6 Å². The summed E-state index contributed by atoms with van der Waals surface area (Å²) in [5.41, 5.74) is 4.22. The molecule has 0 heterocycles. The van der Waals surface area contributed by atoms with Crippen LogP contribution in [0.4, 0.5) is 11.4 Å². The van der Waals surface area contributed by atoms with E-state index in [2.05, 4.69) is 10.6 Å². The van der Waals surface area contributed by atoms with Crippen LogP contribution < -0.4 is 15.4 Å². The minimum Gasteiger partial charge on any atom is -0.496 e. The van der Waals surface area contributed by atoms with E-state index in [-0.39, 0.29) is 5.91 Å². The minimum atomic E-state index is -0.132. The van der Waals surface area contributed by atoms with Crippen LogP contribution >= 0.6 is 0 Å². The predicted molar refractivity (Wildman–Crippen MR) is 86.4 cm³/mol. The van der Waals surface area contributed by atoms with Gasteiger partial charge in [0.1, 0.15) is 5.75 Å². The lowest BCUT2D eigenvalue weighted by Gasteiger charge is -2.12. The van der Waals surface area contributed by atoms with Crippen LogP contribution in [-0.4, -0.2) is 20.1 Å². The molecule has 0 atom stereocenters. The van der Waals surface area contributed by atoms with Gasteiger partial charge in [0.25, 0.3) is 5.91 Å². The number of carbonyl (C=O) groups is 1. The molecule has 0 aliphatic carbocycles. The van der Waals surface area contributed by atoms with Crippen molar-refractivity contribution in [2.75, 3.05) is 24.8 Å². The number of ether oxygens (including phenoxy) is 1. The van der Waals surface area contributed by atoms with Crippen molar-refractivity contribution in [3.05, 3.63) is 53.1 Å². The highest BCUT2D eigenvalue weighted by molar-refractivity contribution is 6.08. The third-order valence-corrected chi connectivity index (χ3v) is 3.34. The van der Waals surface area contributed by atoms with Crippen LogP contribution in [0.25, 0.3) is 0 Å². The second-order valence-corrected chi connectivity index (χ2v) is 4.94. The van der Waals surface area contributed by atoms with E-state index in [9.17, 15) is 4.79 Å². The highest BCUT2D eigenvalue weighted by Crippen LogP contribution is 2.23. The third-order valence-electron chi connectivity index (χ3n) is 3.34. The lowest BCUT2D eigenvalue weighted by Crippen LogP contribution is -2.14. The maximum absolute atomic E-state index is 12.4. The molecule has 2 rings (SSSR count). The highest BCUT2D eigenvalue weighted by atomic mass is 16.5. The molecular formula is C17H20N2O2. The molecule has 2 aromatic carbocycles. The summed E-state index contributed by atoms with van der Waals surface area (Å²) in [6.07, 6.45) is 0. The van der Waals surface area contributed by atoms with Gasteiger partial charge in [-0.25, -0.2) is 0 Å². The molecule has 0 aliphatic heterocycles. The number of carbonyl (C=O) groups excluding carboxylic acids is 1. The van der Waals surface area contributed by atoms with Crippen molar-refractivity contribution >= 4 is 17.3 Å². The first-order chi connectivity index (χ1) is 10.0. The first kappa shape index (κ1) is 14.9. The fraction of sp³-hybridized carbons (Fsp3) is 0.235. The summed E-state index contributed by atoms with van der Waals surface area (Å²) in [5, 5.41) is 5.96. The Morgan fingerprint density at radius 2 is 1.86 bits per heavy atom. The molecule has 0 saturated carbocycles. The summed E-state index contributed by atoms with van der Waals surface area (Å²) < 4.78 is 5.22. The molecule has 21 heavy (non-hydrogen) atoms. The van der Waals surface area contributed by atoms with Crippen LogP contribution in [-0.2, 0) is 0 Å². The molecule has 0 aromatic heterocycles. The fourth-order valence-corrected chi connectivity index (χ4v) is 2.22. The number of benzene rings is 2. The van der Waals surface area contributed by atoms with Gasteiger partial charge in [-0.3, -0.25) is 4.79 Å². The molecule has 110 valence electrons. The number of nitrogens with one attached hydrogen (secondary N) is 2. The minimum absolute atomic E-state index is 0.132. The lowest BCUT2D eigenvalue weighted by atomic mass is 10.1. The lowest BCUT2D eigenvalue weighted by molar-refractivity contribution is 0.102. The smallest absolute Gasteiger partial charge is 0.257 e. The number of hydrogen-bond acceptors (Lipinski definition) is 3. The van der Waals surface area contributed by atoms with Crippen LogP contribution in [0.15, 0.2) is 36.4 Å². The average Bonchev–Trinajstić information content (AvgIpc) is 2.47. The number of anilines is 2. The highest BCUT2D eigenvalue weighted by Gasteiger charge is 2.12. The Morgan fingerprint density at radius 1 is 1.10 bits per heavy atom. The van der Waals surface area contributed by atoms with E-state index in [1.54, 1.807) is 14.2 Å². The molecule has 2 N–H and O–H groups in total. The molecule has 0 fully saturated rings. The van der Waals surface area contributed by atoms with Gasteiger partial charge in [0.05, 0.1) is 12.7 Å². The first-order valence-electron chi connectivity index (χ1n) is 6.79. The van der Waals surface area contributed by atoms with Gasteiger partial charge in [-0.2, -0.15) is 0 Å². The van der Waals surface area contributed by atoms with Gasteiger partial charge in [-0.15, -0.1) is 0 Å². The SMILES string of the molecule is CNc1ccc(C)cc1C(=O)Nc1ccc(OC)c(C)c1. The Bertz CT molecular complexity index is 666.